The second-order valence-corrected chi connectivity index (χ2v) is 7.58. The van der Waals surface area contributed by atoms with Crippen LogP contribution in [0.5, 0.6) is 0 Å². The van der Waals surface area contributed by atoms with Gasteiger partial charge in [-0.15, -0.1) is 0 Å². The molecule has 2 fully saturated rings. The fourth-order valence-corrected chi connectivity index (χ4v) is 4.22. The maximum atomic E-state index is 12.8. The van der Waals surface area contributed by atoms with E-state index in [4.69, 9.17) is 4.74 Å². The van der Waals surface area contributed by atoms with Crippen molar-refractivity contribution in [2.45, 2.75) is 39.0 Å². The van der Waals surface area contributed by atoms with Gasteiger partial charge in [0.1, 0.15) is 5.69 Å². The van der Waals surface area contributed by atoms with E-state index in [-0.39, 0.29) is 17.2 Å². The van der Waals surface area contributed by atoms with Crippen molar-refractivity contribution in [2.24, 2.45) is 5.41 Å². The molecular weight excluding hydrogens is 318 g/mol. The molecule has 2 aliphatic rings. The highest BCUT2D eigenvalue weighted by Gasteiger charge is 2.42. The van der Waals surface area contributed by atoms with Gasteiger partial charge in [0.2, 0.25) is 5.91 Å². The van der Waals surface area contributed by atoms with E-state index < -0.39 is 0 Å². The third kappa shape index (κ3) is 4.06. The second-order valence-electron chi connectivity index (χ2n) is 7.58. The Morgan fingerprint density at radius 2 is 2.20 bits per heavy atom. The Kier molecular flexibility index (Phi) is 5.47. The number of ether oxygens (including phenoxy) is 1. The number of nitrogens with one attached hydrogen (secondary N) is 1. The number of hydrogen-bond acceptors (Lipinski definition) is 3. The van der Waals surface area contributed by atoms with Crippen LogP contribution in [-0.2, 0) is 9.53 Å². The lowest BCUT2D eigenvalue weighted by Crippen LogP contribution is -2.55. The molecule has 25 heavy (non-hydrogen) atoms. The first-order chi connectivity index (χ1) is 12.0. The molecular formula is C19H29N3O3. The van der Waals surface area contributed by atoms with E-state index >= 15 is 0 Å². The van der Waals surface area contributed by atoms with E-state index in [9.17, 15) is 9.59 Å². The lowest BCUT2D eigenvalue weighted by Gasteiger charge is -2.48. The summed E-state index contributed by atoms with van der Waals surface area (Å²) in [6.45, 7) is 5.72. The van der Waals surface area contributed by atoms with Gasteiger partial charge < -0.3 is 19.5 Å². The molecule has 1 spiro atoms. The third-order valence-electron chi connectivity index (χ3n) is 5.53. The number of amides is 2. The molecule has 0 aromatic carbocycles. The minimum absolute atomic E-state index is 0.0521. The van der Waals surface area contributed by atoms with E-state index in [1.54, 1.807) is 7.11 Å². The van der Waals surface area contributed by atoms with Crippen molar-refractivity contribution >= 4 is 11.8 Å². The molecule has 138 valence electrons. The zero-order valence-corrected chi connectivity index (χ0v) is 15.3. The van der Waals surface area contributed by atoms with Gasteiger partial charge in [-0.2, -0.15) is 0 Å². The highest BCUT2D eigenvalue weighted by atomic mass is 16.5. The van der Waals surface area contributed by atoms with Crippen LogP contribution < -0.4 is 0 Å². The Hall–Kier alpha value is -1.82. The van der Waals surface area contributed by atoms with Crippen molar-refractivity contribution in [3.05, 3.63) is 23.5 Å². The fourth-order valence-electron chi connectivity index (χ4n) is 4.22. The Morgan fingerprint density at radius 1 is 1.36 bits per heavy atom. The molecule has 3 rings (SSSR count). The molecule has 0 unspecified atom stereocenters. The Labute approximate surface area is 149 Å². The molecule has 6 heteroatoms. The van der Waals surface area contributed by atoms with Crippen molar-refractivity contribution in [3.8, 4) is 0 Å². The lowest BCUT2D eigenvalue weighted by molar-refractivity contribution is -0.139. The van der Waals surface area contributed by atoms with E-state index in [0.717, 1.165) is 57.4 Å². The van der Waals surface area contributed by atoms with Crippen LogP contribution in [0.2, 0.25) is 0 Å². The number of rotatable bonds is 5. The number of carbonyl (C=O) groups excluding carboxylic acids is 2. The lowest BCUT2D eigenvalue weighted by atomic mass is 9.73. The number of hydrogen-bond donors (Lipinski definition) is 1. The van der Waals surface area contributed by atoms with Crippen molar-refractivity contribution in [1.82, 2.24) is 14.8 Å². The maximum Gasteiger partial charge on any atom is 0.270 e. The summed E-state index contributed by atoms with van der Waals surface area (Å²) in [5.74, 6) is 0.320. The molecule has 1 aromatic rings. The summed E-state index contributed by atoms with van der Waals surface area (Å²) in [5.41, 5.74) is 1.79. The first-order valence-electron chi connectivity index (χ1n) is 9.24. The molecule has 1 atom stereocenters. The number of piperidine rings is 2. The number of carbonyl (C=O) groups is 2. The second kappa shape index (κ2) is 7.60. The fraction of sp³-hybridized carbons (Fsp3) is 0.684. The minimum Gasteiger partial charge on any atom is -0.385 e. The number of nitrogens with zero attached hydrogens (tertiary/aromatic N) is 2. The first kappa shape index (κ1) is 18.0. The molecule has 2 amide bonds. The molecule has 0 saturated carbocycles. The van der Waals surface area contributed by atoms with Gasteiger partial charge in [-0.05, 0) is 44.2 Å². The van der Waals surface area contributed by atoms with Crippen molar-refractivity contribution < 1.29 is 14.3 Å². The van der Waals surface area contributed by atoms with Crippen LogP contribution in [0.1, 0.15) is 48.2 Å². The topological polar surface area (TPSA) is 65.6 Å². The molecule has 2 saturated heterocycles. The van der Waals surface area contributed by atoms with Gasteiger partial charge in [0.25, 0.3) is 5.91 Å². The summed E-state index contributed by atoms with van der Waals surface area (Å²) in [6.07, 6.45) is 6.31. The molecule has 0 radical (unpaired) electrons. The number of aryl methyl sites for hydroxylation is 1. The molecule has 0 aliphatic carbocycles. The quantitative estimate of drug-likeness (QED) is 0.831. The number of H-pyrrole nitrogens is 1. The summed E-state index contributed by atoms with van der Waals surface area (Å²) >= 11 is 0. The number of aromatic nitrogens is 1. The summed E-state index contributed by atoms with van der Waals surface area (Å²) in [4.78, 5) is 32.1. The van der Waals surface area contributed by atoms with Crippen molar-refractivity contribution in [3.63, 3.8) is 0 Å². The average molecular weight is 347 g/mol. The van der Waals surface area contributed by atoms with Crippen LogP contribution in [0.15, 0.2) is 12.3 Å². The van der Waals surface area contributed by atoms with Gasteiger partial charge in [-0.25, -0.2) is 0 Å². The van der Waals surface area contributed by atoms with Crippen molar-refractivity contribution in [2.75, 3.05) is 39.9 Å². The van der Waals surface area contributed by atoms with Gasteiger partial charge in [0.05, 0.1) is 0 Å². The summed E-state index contributed by atoms with van der Waals surface area (Å²) in [6, 6.07) is 1.91. The molecule has 3 heterocycles. The highest BCUT2D eigenvalue weighted by Crippen LogP contribution is 2.39. The monoisotopic (exact) mass is 347 g/mol. The summed E-state index contributed by atoms with van der Waals surface area (Å²) in [7, 11) is 1.69. The molecule has 1 aromatic heterocycles. The molecule has 0 bridgehead atoms. The van der Waals surface area contributed by atoms with Gasteiger partial charge in [0, 0.05) is 57.9 Å². The van der Waals surface area contributed by atoms with Crippen LogP contribution in [0.4, 0.5) is 0 Å². The van der Waals surface area contributed by atoms with Crippen LogP contribution in [0.3, 0.4) is 0 Å². The van der Waals surface area contributed by atoms with Crippen LogP contribution in [0, 0.1) is 12.3 Å². The van der Waals surface area contributed by atoms with E-state index in [0.29, 0.717) is 18.7 Å². The number of methoxy groups -OCH3 is 1. The highest BCUT2D eigenvalue weighted by molar-refractivity contribution is 5.92. The van der Waals surface area contributed by atoms with Crippen LogP contribution in [-0.4, -0.2) is 66.5 Å². The van der Waals surface area contributed by atoms with Crippen molar-refractivity contribution in [1.29, 1.82) is 0 Å². The first-order valence-corrected chi connectivity index (χ1v) is 9.24. The van der Waals surface area contributed by atoms with E-state index in [1.165, 1.54) is 0 Å². The Morgan fingerprint density at radius 3 is 2.92 bits per heavy atom. The van der Waals surface area contributed by atoms with E-state index in [2.05, 4.69) is 4.98 Å². The number of likely N-dealkylation sites (tertiary alicyclic amines) is 2. The standard InChI is InChI=1S/C19H29N3O3/c1-15-11-16(20-12-15)18(24)22-8-3-6-19(14-22)7-5-17(23)21(13-19)9-4-10-25-2/h11-12,20H,3-10,13-14H2,1-2H3/t19-/m1/s1. The minimum atomic E-state index is 0.0521. The Balaban J connectivity index is 1.66. The molecule has 6 nitrogen and oxygen atoms in total. The van der Waals surface area contributed by atoms with Gasteiger partial charge >= 0.3 is 0 Å². The SMILES string of the molecule is COCCCN1C[C@@]2(CCCN(C(=O)c3cc(C)c[nH]3)C2)CCC1=O. The van der Waals surface area contributed by atoms with Crippen LogP contribution >= 0.6 is 0 Å². The van der Waals surface area contributed by atoms with Gasteiger partial charge in [-0.1, -0.05) is 0 Å². The maximum absolute atomic E-state index is 12.8. The number of aromatic amines is 1. The summed E-state index contributed by atoms with van der Waals surface area (Å²) < 4.78 is 5.11. The van der Waals surface area contributed by atoms with Gasteiger partial charge in [0.15, 0.2) is 0 Å². The average Bonchev–Trinajstić information content (AvgIpc) is 3.04. The molecule has 2 aliphatic heterocycles. The largest absolute Gasteiger partial charge is 0.385 e. The smallest absolute Gasteiger partial charge is 0.270 e. The predicted octanol–water partition coefficient (Wildman–Crippen LogP) is 2.20. The normalized spacial score (nSPS) is 24.2. The Bertz CT molecular complexity index is 627. The van der Waals surface area contributed by atoms with Crippen LogP contribution in [0.25, 0.3) is 0 Å². The molecule has 1 N–H and O–H groups in total. The third-order valence-corrected chi connectivity index (χ3v) is 5.53. The zero-order chi connectivity index (χ0) is 17.9. The predicted molar refractivity (Wildman–Crippen MR) is 95.4 cm³/mol. The van der Waals surface area contributed by atoms with E-state index in [1.807, 2.05) is 29.0 Å². The zero-order valence-electron chi connectivity index (χ0n) is 15.3. The van der Waals surface area contributed by atoms with Gasteiger partial charge in [-0.3, -0.25) is 9.59 Å². The summed E-state index contributed by atoms with van der Waals surface area (Å²) in [5, 5.41) is 0.